The number of esters is 1. The molecule has 0 unspecified atom stereocenters. The van der Waals surface area contributed by atoms with Gasteiger partial charge in [-0.3, -0.25) is 19.4 Å². The second-order valence-corrected chi connectivity index (χ2v) is 23.5. The van der Waals surface area contributed by atoms with Crippen LogP contribution in [0.15, 0.2) is 91.3 Å². The van der Waals surface area contributed by atoms with Crippen LogP contribution in [0.3, 0.4) is 0 Å². The molecule has 0 aliphatic carbocycles. The molecule has 5 aromatic rings. The molecule has 0 radical (unpaired) electrons. The van der Waals surface area contributed by atoms with Crippen LogP contribution in [-0.2, 0) is 45.7 Å². The highest BCUT2D eigenvalue weighted by atomic mass is 16.7. The Kier molecular flexibility index (Phi) is 18.9. The van der Waals surface area contributed by atoms with Gasteiger partial charge in [0.15, 0.2) is 11.6 Å². The molecule has 1 fully saturated rings. The highest BCUT2D eigenvalue weighted by Crippen LogP contribution is 2.44. The molecule has 1 saturated heterocycles. The SMILES string of the molecule is CCC(CC)(c1ccc(OCC(=O)C(C)(C)C)c(C)c1)c1ccc(-c2cncc(CC(=O)OC)c2)c(C)c1.CCC(CC)(c1ccc(OCC(=O)C(C)(C)C)c(C)c1)c1ccc(B2OC(C)(C)C(C)(C)O2)c(C)c1. The van der Waals surface area contributed by atoms with E-state index < -0.39 is 10.8 Å². The summed E-state index contributed by atoms with van der Waals surface area (Å²) in [7, 11) is 1.03. The topological polar surface area (TPSA) is 110 Å². The number of aromatic nitrogens is 1. The first-order valence-corrected chi connectivity index (χ1v) is 26.7. The Morgan fingerprint density at radius 1 is 0.554 bits per heavy atom. The lowest BCUT2D eigenvalue weighted by Gasteiger charge is -2.34. The van der Waals surface area contributed by atoms with E-state index in [-0.39, 0.29) is 66.3 Å². The lowest BCUT2D eigenvalue weighted by Crippen LogP contribution is -2.41. The first kappa shape index (κ1) is 59.3. The Labute approximate surface area is 445 Å². The van der Waals surface area contributed by atoms with Gasteiger partial charge in [-0.2, -0.15) is 0 Å². The van der Waals surface area contributed by atoms with Gasteiger partial charge in [-0.1, -0.05) is 135 Å². The van der Waals surface area contributed by atoms with Crippen molar-refractivity contribution in [2.24, 2.45) is 10.8 Å². The molecule has 1 aromatic heterocycles. The normalized spacial score (nSPS) is 14.5. The van der Waals surface area contributed by atoms with Gasteiger partial charge in [-0.15, -0.1) is 0 Å². The van der Waals surface area contributed by atoms with Gasteiger partial charge >= 0.3 is 13.1 Å². The zero-order valence-electron chi connectivity index (χ0n) is 48.4. The third-order valence-electron chi connectivity index (χ3n) is 16.1. The van der Waals surface area contributed by atoms with Crippen LogP contribution in [0.4, 0.5) is 0 Å². The number of Topliss-reactive ketones (excluding diaryl/α,β-unsaturated/α-hetero) is 2. The molecule has 4 aromatic carbocycles. The van der Waals surface area contributed by atoms with Crippen LogP contribution < -0.4 is 14.9 Å². The van der Waals surface area contributed by atoms with E-state index in [1.807, 2.05) is 72.9 Å². The van der Waals surface area contributed by atoms with Crippen molar-refractivity contribution in [3.05, 3.63) is 141 Å². The number of ether oxygens (including phenoxy) is 3. The number of rotatable bonds is 18. The van der Waals surface area contributed by atoms with Crippen LogP contribution >= 0.6 is 0 Å². The Morgan fingerprint density at radius 2 is 0.959 bits per heavy atom. The highest BCUT2D eigenvalue weighted by molar-refractivity contribution is 6.62. The first-order chi connectivity index (χ1) is 34.5. The summed E-state index contributed by atoms with van der Waals surface area (Å²) < 4.78 is 29.3. The molecular weight excluding hydrogens is 922 g/mol. The molecule has 74 heavy (non-hydrogen) atoms. The van der Waals surface area contributed by atoms with Crippen molar-refractivity contribution in [1.82, 2.24) is 4.98 Å². The van der Waals surface area contributed by atoms with Crippen molar-refractivity contribution in [3.63, 3.8) is 0 Å². The zero-order chi connectivity index (χ0) is 55.2. The fourth-order valence-electron chi connectivity index (χ4n) is 9.87. The average molecular weight is 1010 g/mol. The Hall–Kier alpha value is -5.58. The summed E-state index contributed by atoms with van der Waals surface area (Å²) in [4.78, 5) is 40.8. The third kappa shape index (κ3) is 13.1. The Bertz CT molecular complexity index is 2770. The molecule has 2 heterocycles. The second kappa shape index (κ2) is 23.5. The molecular formula is C64H86BNO8. The van der Waals surface area contributed by atoms with Crippen molar-refractivity contribution in [1.29, 1.82) is 0 Å². The van der Waals surface area contributed by atoms with Gasteiger partial charge < -0.3 is 23.5 Å². The largest absolute Gasteiger partial charge is 0.495 e. The molecule has 0 N–H and O–H groups in total. The van der Waals surface area contributed by atoms with Crippen molar-refractivity contribution in [3.8, 4) is 22.6 Å². The maximum atomic E-state index is 12.3. The number of aryl methyl sites for hydroxylation is 4. The van der Waals surface area contributed by atoms with E-state index in [1.165, 1.54) is 34.9 Å². The van der Waals surface area contributed by atoms with Crippen LogP contribution in [0.5, 0.6) is 11.5 Å². The molecule has 398 valence electrons. The molecule has 0 amide bonds. The van der Waals surface area contributed by atoms with Gasteiger partial charge in [0.2, 0.25) is 0 Å². The second-order valence-electron chi connectivity index (χ2n) is 23.5. The van der Waals surface area contributed by atoms with Gasteiger partial charge in [0.1, 0.15) is 24.7 Å². The van der Waals surface area contributed by atoms with Crippen molar-refractivity contribution >= 4 is 30.1 Å². The fourth-order valence-corrected chi connectivity index (χ4v) is 9.87. The molecule has 1 aliphatic heterocycles. The fraction of sp³-hybridized carbons (Fsp3) is 0.500. The minimum absolute atomic E-state index is 0.0761. The minimum Gasteiger partial charge on any atom is -0.486 e. The van der Waals surface area contributed by atoms with Crippen LogP contribution in [-0.4, -0.2) is 61.2 Å². The molecule has 0 spiro atoms. The molecule has 0 bridgehead atoms. The minimum atomic E-state index is -0.420. The van der Waals surface area contributed by atoms with Gasteiger partial charge in [0.25, 0.3) is 0 Å². The number of hydrogen-bond acceptors (Lipinski definition) is 9. The van der Waals surface area contributed by atoms with Crippen LogP contribution in [0.25, 0.3) is 11.1 Å². The quantitative estimate of drug-likeness (QED) is 0.0626. The monoisotopic (exact) mass is 1010 g/mol. The molecule has 1 aliphatic rings. The van der Waals surface area contributed by atoms with Gasteiger partial charge in [0.05, 0.1) is 24.7 Å². The lowest BCUT2D eigenvalue weighted by molar-refractivity contribution is -0.139. The molecule has 6 rings (SSSR count). The summed E-state index contributed by atoms with van der Waals surface area (Å²) in [5.41, 5.74) is 11.6. The summed E-state index contributed by atoms with van der Waals surface area (Å²) in [5, 5.41) is 0. The van der Waals surface area contributed by atoms with Gasteiger partial charge in [-0.05, 0) is 155 Å². The van der Waals surface area contributed by atoms with Crippen molar-refractivity contribution < 1.29 is 37.9 Å². The standard InChI is InChI=1S/C33H41NO4.C31H45BO4/c1-9-33(10-2,27-12-14-29(23(4)16-27)38-21-30(35)32(5,6)7)26-11-13-28(22(3)15-26)25-17-24(19-34-20-25)18-31(36)37-8;1-12-31(13-2,24-15-17-26(22(4)19-24)34-20-27(33)28(5,6)7)23-14-16-25(21(3)18-23)32-35-29(8,9)30(10,11)36-32/h11-17,19-20H,9-10,18,21H2,1-8H3;14-19H,12-13,20H2,1-11H3. The molecule has 0 atom stereocenters. The number of benzene rings is 4. The van der Waals surface area contributed by atoms with E-state index in [0.717, 1.165) is 76.0 Å². The van der Waals surface area contributed by atoms with E-state index in [1.54, 1.807) is 6.20 Å². The number of carbonyl (C=O) groups is 3. The Balaban J connectivity index is 0.000000274. The predicted octanol–water partition coefficient (Wildman–Crippen LogP) is 13.9. The van der Waals surface area contributed by atoms with E-state index in [4.69, 9.17) is 23.5 Å². The van der Waals surface area contributed by atoms with Crippen LogP contribution in [0.2, 0.25) is 0 Å². The lowest BCUT2D eigenvalue weighted by atomic mass is 9.68. The number of hydrogen-bond donors (Lipinski definition) is 0. The van der Waals surface area contributed by atoms with E-state index in [2.05, 4.69) is 142 Å². The summed E-state index contributed by atoms with van der Waals surface area (Å²) in [6.45, 7) is 37.4. The van der Waals surface area contributed by atoms with Crippen LogP contribution in [0.1, 0.15) is 173 Å². The summed E-state index contributed by atoms with van der Waals surface area (Å²) in [5.74, 6) is 1.42. The van der Waals surface area contributed by atoms with Gasteiger partial charge in [-0.25, -0.2) is 0 Å². The zero-order valence-corrected chi connectivity index (χ0v) is 48.4. The van der Waals surface area contributed by atoms with Crippen LogP contribution in [0, 0.1) is 38.5 Å². The van der Waals surface area contributed by atoms with Crippen molar-refractivity contribution in [2.45, 2.75) is 179 Å². The summed E-state index contributed by atoms with van der Waals surface area (Å²) in [6.07, 6.45) is 7.58. The molecule has 9 nitrogen and oxygen atoms in total. The average Bonchev–Trinajstić information content (AvgIpc) is 3.56. The van der Waals surface area contributed by atoms with E-state index >= 15 is 0 Å². The predicted molar refractivity (Wildman–Crippen MR) is 302 cm³/mol. The third-order valence-corrected chi connectivity index (χ3v) is 16.1. The number of methoxy groups -OCH3 is 1. The number of nitrogens with zero attached hydrogens (tertiary/aromatic N) is 1. The smallest absolute Gasteiger partial charge is 0.486 e. The highest BCUT2D eigenvalue weighted by Gasteiger charge is 2.52. The maximum Gasteiger partial charge on any atom is 0.495 e. The maximum absolute atomic E-state index is 12.3. The van der Waals surface area contributed by atoms with E-state index in [9.17, 15) is 14.4 Å². The number of pyridine rings is 1. The summed E-state index contributed by atoms with van der Waals surface area (Å²) in [6, 6.07) is 28.1. The molecule has 0 saturated carbocycles. The number of ketones is 2. The van der Waals surface area contributed by atoms with Crippen molar-refractivity contribution in [2.75, 3.05) is 20.3 Å². The first-order valence-electron chi connectivity index (χ1n) is 26.7. The number of carbonyl (C=O) groups excluding carboxylic acids is 3. The Morgan fingerprint density at radius 3 is 1.34 bits per heavy atom. The van der Waals surface area contributed by atoms with Gasteiger partial charge in [0, 0.05) is 39.6 Å². The summed E-state index contributed by atoms with van der Waals surface area (Å²) >= 11 is 0. The van der Waals surface area contributed by atoms with E-state index in [0.29, 0.717) is 0 Å². The molecule has 10 heteroatoms.